The van der Waals surface area contributed by atoms with Crippen molar-refractivity contribution in [3.8, 4) is 0 Å². The van der Waals surface area contributed by atoms with Crippen LogP contribution in [0.3, 0.4) is 0 Å². The first-order valence-corrected chi connectivity index (χ1v) is 7.08. The Hall–Kier alpha value is -1.31. The number of hydrogen-bond acceptors (Lipinski definition) is 3. The van der Waals surface area contributed by atoms with Crippen LogP contribution in [0.15, 0.2) is 0 Å². The molecule has 2 aliphatic heterocycles. The Balaban J connectivity index is 1.89. The monoisotopic (exact) mass is 307 g/mol. The average molecular weight is 307 g/mol. The third-order valence-corrected chi connectivity index (χ3v) is 4.02. The molecule has 2 rings (SSSR count). The number of nitrogens with zero attached hydrogens (tertiary/aromatic N) is 2. The highest BCUT2D eigenvalue weighted by atomic mass is 19.4. The highest BCUT2D eigenvalue weighted by molar-refractivity contribution is 5.89. The fourth-order valence-electron chi connectivity index (χ4n) is 3.05. The number of likely N-dealkylation sites (tertiary alicyclic amines) is 2. The van der Waals surface area contributed by atoms with E-state index in [1.165, 1.54) is 0 Å². The molecule has 21 heavy (non-hydrogen) atoms. The molecule has 0 saturated carbocycles. The zero-order valence-electron chi connectivity index (χ0n) is 11.9. The number of amides is 2. The molecular formula is C13H20F3N3O2. The van der Waals surface area contributed by atoms with Crippen LogP contribution in [0.5, 0.6) is 0 Å². The second-order valence-corrected chi connectivity index (χ2v) is 5.79. The molecule has 0 aromatic heterocycles. The molecule has 0 bridgehead atoms. The number of alkyl halides is 3. The van der Waals surface area contributed by atoms with Gasteiger partial charge in [0.05, 0.1) is 5.92 Å². The molecule has 0 aromatic carbocycles. The molecule has 2 saturated heterocycles. The standard InChI is InChI=1S/C13H20F3N3O2/c1-17-5-9-2-3-18(6-9)12(21)10-4-11(20)19(7-10)8-13(14,15)16/h9-10,17H,2-8H2,1H3. The molecule has 8 heteroatoms. The van der Waals surface area contributed by atoms with E-state index in [1.807, 2.05) is 7.05 Å². The van der Waals surface area contributed by atoms with Crippen molar-refractivity contribution in [1.82, 2.24) is 15.1 Å². The number of hydrogen-bond donors (Lipinski definition) is 1. The number of carbonyl (C=O) groups excluding carboxylic acids is 2. The zero-order chi connectivity index (χ0) is 15.6. The third kappa shape index (κ3) is 4.09. The van der Waals surface area contributed by atoms with E-state index in [9.17, 15) is 22.8 Å². The molecule has 120 valence electrons. The SMILES string of the molecule is CNCC1CCN(C(=O)C2CC(=O)N(CC(F)(F)F)C2)C1. The first-order chi connectivity index (χ1) is 9.80. The minimum absolute atomic E-state index is 0.109. The minimum atomic E-state index is -4.42. The van der Waals surface area contributed by atoms with Crippen LogP contribution in [0.2, 0.25) is 0 Å². The maximum atomic E-state index is 12.3. The molecule has 2 amide bonds. The van der Waals surface area contributed by atoms with E-state index in [2.05, 4.69) is 5.32 Å². The topological polar surface area (TPSA) is 52.7 Å². The molecule has 0 aliphatic carbocycles. The molecule has 5 nitrogen and oxygen atoms in total. The summed E-state index contributed by atoms with van der Waals surface area (Å²) in [5, 5.41) is 3.05. The van der Waals surface area contributed by atoms with Crippen molar-refractivity contribution in [1.29, 1.82) is 0 Å². The molecule has 2 aliphatic rings. The van der Waals surface area contributed by atoms with Crippen molar-refractivity contribution in [3.05, 3.63) is 0 Å². The van der Waals surface area contributed by atoms with E-state index in [0.29, 0.717) is 19.0 Å². The second-order valence-electron chi connectivity index (χ2n) is 5.79. The number of rotatable bonds is 4. The van der Waals surface area contributed by atoms with Crippen molar-refractivity contribution in [2.24, 2.45) is 11.8 Å². The fraction of sp³-hybridized carbons (Fsp3) is 0.846. The van der Waals surface area contributed by atoms with Crippen LogP contribution >= 0.6 is 0 Å². The predicted octanol–water partition coefficient (Wildman–Crippen LogP) is 0.465. The van der Waals surface area contributed by atoms with Gasteiger partial charge >= 0.3 is 6.18 Å². The Bertz CT molecular complexity index is 414. The van der Waals surface area contributed by atoms with Gasteiger partial charge in [-0.15, -0.1) is 0 Å². The van der Waals surface area contributed by atoms with E-state index in [4.69, 9.17) is 0 Å². The Morgan fingerprint density at radius 3 is 2.71 bits per heavy atom. The van der Waals surface area contributed by atoms with Crippen LogP contribution in [-0.4, -0.2) is 67.6 Å². The van der Waals surface area contributed by atoms with Gasteiger partial charge in [-0.05, 0) is 25.9 Å². The molecule has 2 fully saturated rings. The largest absolute Gasteiger partial charge is 0.406 e. The first-order valence-electron chi connectivity index (χ1n) is 7.08. The molecule has 0 spiro atoms. The third-order valence-electron chi connectivity index (χ3n) is 4.02. The van der Waals surface area contributed by atoms with Crippen LogP contribution in [0.25, 0.3) is 0 Å². The Morgan fingerprint density at radius 2 is 2.10 bits per heavy atom. The number of carbonyl (C=O) groups is 2. The lowest BCUT2D eigenvalue weighted by atomic mass is 10.1. The van der Waals surface area contributed by atoms with Crippen LogP contribution in [-0.2, 0) is 9.59 Å². The predicted molar refractivity (Wildman–Crippen MR) is 69.4 cm³/mol. The molecule has 1 N–H and O–H groups in total. The van der Waals surface area contributed by atoms with Crippen molar-refractivity contribution in [2.75, 3.05) is 39.8 Å². The molecule has 0 radical (unpaired) electrons. The highest BCUT2D eigenvalue weighted by Crippen LogP contribution is 2.26. The summed E-state index contributed by atoms with van der Waals surface area (Å²) in [5.41, 5.74) is 0. The van der Waals surface area contributed by atoms with Gasteiger partial charge in [-0.25, -0.2) is 0 Å². The smallest absolute Gasteiger partial charge is 0.342 e. The van der Waals surface area contributed by atoms with Crippen molar-refractivity contribution in [2.45, 2.75) is 19.0 Å². The van der Waals surface area contributed by atoms with E-state index >= 15 is 0 Å². The van der Waals surface area contributed by atoms with E-state index in [0.717, 1.165) is 17.9 Å². The molecule has 2 atom stereocenters. The van der Waals surface area contributed by atoms with Crippen LogP contribution in [0.1, 0.15) is 12.8 Å². The second kappa shape index (κ2) is 6.21. The molecular weight excluding hydrogens is 287 g/mol. The summed E-state index contributed by atoms with van der Waals surface area (Å²) in [5.74, 6) is -1.03. The zero-order valence-corrected chi connectivity index (χ0v) is 11.9. The first kappa shape index (κ1) is 16.1. The van der Waals surface area contributed by atoms with Gasteiger partial charge in [0.25, 0.3) is 0 Å². The normalized spacial score (nSPS) is 26.8. The highest BCUT2D eigenvalue weighted by Gasteiger charge is 2.42. The van der Waals surface area contributed by atoms with Gasteiger partial charge in [-0.1, -0.05) is 0 Å². The summed E-state index contributed by atoms with van der Waals surface area (Å²) in [6.45, 7) is 0.661. The summed E-state index contributed by atoms with van der Waals surface area (Å²) in [6.07, 6.45) is -3.64. The summed E-state index contributed by atoms with van der Waals surface area (Å²) < 4.78 is 37.0. The van der Waals surface area contributed by atoms with E-state index in [1.54, 1.807) is 4.90 Å². The van der Waals surface area contributed by atoms with E-state index < -0.39 is 24.5 Å². The number of nitrogens with one attached hydrogen (secondary N) is 1. The van der Waals surface area contributed by atoms with Crippen molar-refractivity contribution >= 4 is 11.8 Å². The van der Waals surface area contributed by atoms with Crippen LogP contribution in [0.4, 0.5) is 13.2 Å². The quantitative estimate of drug-likeness (QED) is 0.821. The summed E-state index contributed by atoms with van der Waals surface area (Å²) in [6, 6.07) is 0. The van der Waals surface area contributed by atoms with Crippen LogP contribution < -0.4 is 5.32 Å². The molecule has 2 unspecified atom stereocenters. The van der Waals surface area contributed by atoms with Crippen molar-refractivity contribution in [3.63, 3.8) is 0 Å². The maximum absolute atomic E-state index is 12.3. The van der Waals surface area contributed by atoms with E-state index in [-0.39, 0.29) is 18.9 Å². The Labute approximate surface area is 121 Å². The summed E-state index contributed by atoms with van der Waals surface area (Å²) in [4.78, 5) is 26.3. The summed E-state index contributed by atoms with van der Waals surface area (Å²) >= 11 is 0. The lowest BCUT2D eigenvalue weighted by molar-refractivity contribution is -0.157. The average Bonchev–Trinajstić information content (AvgIpc) is 2.95. The fourth-order valence-corrected chi connectivity index (χ4v) is 3.05. The van der Waals surface area contributed by atoms with Gasteiger partial charge < -0.3 is 15.1 Å². The van der Waals surface area contributed by atoms with Crippen molar-refractivity contribution < 1.29 is 22.8 Å². The maximum Gasteiger partial charge on any atom is 0.406 e. The minimum Gasteiger partial charge on any atom is -0.342 e. The summed E-state index contributed by atoms with van der Waals surface area (Å²) in [7, 11) is 1.84. The van der Waals surface area contributed by atoms with Gasteiger partial charge in [-0.2, -0.15) is 13.2 Å². The van der Waals surface area contributed by atoms with Gasteiger partial charge in [-0.3, -0.25) is 9.59 Å². The van der Waals surface area contributed by atoms with Gasteiger partial charge in [0, 0.05) is 26.1 Å². The Kier molecular flexibility index (Phi) is 4.75. The lowest BCUT2D eigenvalue weighted by Gasteiger charge is -2.21. The van der Waals surface area contributed by atoms with Gasteiger partial charge in [0.2, 0.25) is 11.8 Å². The Morgan fingerprint density at radius 1 is 1.38 bits per heavy atom. The van der Waals surface area contributed by atoms with Gasteiger partial charge in [0.1, 0.15) is 6.54 Å². The lowest BCUT2D eigenvalue weighted by Crippen LogP contribution is -2.38. The van der Waals surface area contributed by atoms with Crippen LogP contribution in [0, 0.1) is 11.8 Å². The number of halogens is 3. The van der Waals surface area contributed by atoms with Gasteiger partial charge in [0.15, 0.2) is 0 Å². The molecule has 2 heterocycles. The molecule has 0 aromatic rings.